The van der Waals surface area contributed by atoms with E-state index in [1.54, 1.807) is 6.07 Å². The Morgan fingerprint density at radius 3 is 2.82 bits per heavy atom. The molecule has 2 aliphatic carbocycles. The summed E-state index contributed by atoms with van der Waals surface area (Å²) in [6.07, 6.45) is 10.3. The number of hydrogen-bond donors (Lipinski definition) is 2. The van der Waals surface area contributed by atoms with Crippen molar-refractivity contribution in [3.63, 3.8) is 0 Å². The molecule has 0 radical (unpaired) electrons. The summed E-state index contributed by atoms with van der Waals surface area (Å²) in [5.41, 5.74) is 1.10. The lowest BCUT2D eigenvalue weighted by atomic mass is 9.89. The molecule has 2 atom stereocenters. The lowest BCUT2D eigenvalue weighted by Gasteiger charge is -2.21. The minimum atomic E-state index is -4.09. The Bertz CT molecular complexity index is 1130. The van der Waals surface area contributed by atoms with E-state index in [0.717, 1.165) is 6.54 Å². The van der Waals surface area contributed by atoms with Crippen LogP contribution >= 0.6 is 0 Å². The number of carbonyl (C=O) groups excluding carboxylic acids is 1. The van der Waals surface area contributed by atoms with Crippen LogP contribution in [0.15, 0.2) is 29.8 Å². The van der Waals surface area contributed by atoms with Crippen LogP contribution in [0.3, 0.4) is 0 Å². The molecule has 0 amide bonds. The van der Waals surface area contributed by atoms with Crippen molar-refractivity contribution in [2.75, 3.05) is 6.61 Å². The summed E-state index contributed by atoms with van der Waals surface area (Å²) in [6, 6.07) is 1.69. The third-order valence-corrected chi connectivity index (χ3v) is 6.64. The van der Waals surface area contributed by atoms with E-state index in [2.05, 4.69) is 24.2 Å². The summed E-state index contributed by atoms with van der Waals surface area (Å²) >= 11 is 0. The topological polar surface area (TPSA) is 163 Å². The molecule has 0 aromatic carbocycles. The quantitative estimate of drug-likeness (QED) is 0.542. The maximum absolute atomic E-state index is 13.1. The fourth-order valence-electron chi connectivity index (χ4n) is 4.45. The van der Waals surface area contributed by atoms with Crippen LogP contribution in [0.2, 0.25) is 0 Å². The van der Waals surface area contributed by atoms with Crippen LogP contribution in [0.1, 0.15) is 61.0 Å². The SMILES string of the molecule is NS(=O)(=O)OCC1CC(=Nc2ncncc2C(=O)c2ccn(CC3CCCCC3)n2)CC1O. The number of aliphatic imine (C=N–C) groups is 1. The van der Waals surface area contributed by atoms with E-state index in [9.17, 15) is 18.3 Å². The van der Waals surface area contributed by atoms with Crippen molar-refractivity contribution in [3.05, 3.63) is 36.0 Å². The zero-order chi connectivity index (χ0) is 23.4. The van der Waals surface area contributed by atoms with Gasteiger partial charge in [0, 0.05) is 37.0 Å². The molecule has 4 rings (SSSR count). The van der Waals surface area contributed by atoms with Crippen molar-refractivity contribution in [3.8, 4) is 0 Å². The predicted octanol–water partition coefficient (Wildman–Crippen LogP) is 1.55. The standard InChI is InChI=1S/C21H28N6O5S/c22-33(30,31)32-12-15-8-16(9-19(15)28)25-21-17(10-23-13-24-21)20(29)18-6-7-27(26-18)11-14-4-2-1-3-5-14/h6-7,10,13-15,19,28H,1-5,8-9,11-12H2,(H2,22,30,31). The molecule has 12 heteroatoms. The molecule has 2 fully saturated rings. The summed E-state index contributed by atoms with van der Waals surface area (Å²) in [5, 5.41) is 19.5. The Hall–Kier alpha value is -2.54. The molecule has 0 bridgehead atoms. The number of hydrogen-bond acceptors (Lipinski definition) is 9. The van der Waals surface area contributed by atoms with Crippen molar-refractivity contribution in [1.82, 2.24) is 19.7 Å². The van der Waals surface area contributed by atoms with Gasteiger partial charge in [-0.25, -0.2) is 20.1 Å². The van der Waals surface area contributed by atoms with Crippen molar-refractivity contribution >= 4 is 27.6 Å². The Morgan fingerprint density at radius 2 is 2.06 bits per heavy atom. The highest BCUT2D eigenvalue weighted by atomic mass is 32.2. The van der Waals surface area contributed by atoms with E-state index in [1.807, 2.05) is 10.9 Å². The maximum atomic E-state index is 13.1. The minimum absolute atomic E-state index is 0.187. The van der Waals surface area contributed by atoms with Gasteiger partial charge in [-0.3, -0.25) is 13.7 Å². The van der Waals surface area contributed by atoms with Crippen LogP contribution in [0, 0.1) is 11.8 Å². The molecule has 0 saturated heterocycles. The lowest BCUT2D eigenvalue weighted by molar-refractivity contribution is 0.101. The predicted molar refractivity (Wildman–Crippen MR) is 119 cm³/mol. The first kappa shape index (κ1) is 23.6. The molecule has 0 spiro atoms. The first-order chi connectivity index (χ1) is 15.8. The summed E-state index contributed by atoms with van der Waals surface area (Å²) in [5.74, 6) is -0.0285. The van der Waals surface area contributed by atoms with Gasteiger partial charge in [-0.2, -0.15) is 13.5 Å². The van der Waals surface area contributed by atoms with Gasteiger partial charge in [0.1, 0.15) is 12.0 Å². The van der Waals surface area contributed by atoms with Crippen LogP contribution in [-0.2, 0) is 21.0 Å². The summed E-state index contributed by atoms with van der Waals surface area (Å²) in [7, 11) is -4.09. The first-order valence-electron chi connectivity index (χ1n) is 11.1. The van der Waals surface area contributed by atoms with Crippen LogP contribution in [0.25, 0.3) is 0 Å². The summed E-state index contributed by atoms with van der Waals surface area (Å²) in [6.45, 7) is 0.556. The normalized spacial score (nSPS) is 23.3. The molecule has 2 aromatic rings. The van der Waals surface area contributed by atoms with E-state index in [-0.39, 0.29) is 30.2 Å². The largest absolute Gasteiger partial charge is 0.392 e. The van der Waals surface area contributed by atoms with Crippen molar-refractivity contribution in [2.45, 2.75) is 57.6 Å². The third kappa shape index (κ3) is 6.28. The maximum Gasteiger partial charge on any atom is 0.333 e. The van der Waals surface area contributed by atoms with Gasteiger partial charge in [0.15, 0.2) is 5.82 Å². The summed E-state index contributed by atoms with van der Waals surface area (Å²) in [4.78, 5) is 25.7. The van der Waals surface area contributed by atoms with Gasteiger partial charge in [-0.15, -0.1) is 0 Å². The summed E-state index contributed by atoms with van der Waals surface area (Å²) < 4.78 is 28.5. The third-order valence-electron chi connectivity index (χ3n) is 6.18. The van der Waals surface area contributed by atoms with Crippen molar-refractivity contribution < 1.29 is 22.5 Å². The van der Waals surface area contributed by atoms with Crippen LogP contribution < -0.4 is 5.14 Å². The van der Waals surface area contributed by atoms with Gasteiger partial charge in [0.2, 0.25) is 5.78 Å². The highest BCUT2D eigenvalue weighted by Crippen LogP contribution is 2.28. The Labute approximate surface area is 192 Å². The number of nitrogens with two attached hydrogens (primary N) is 1. The fourth-order valence-corrected chi connectivity index (χ4v) is 4.82. The molecule has 178 valence electrons. The number of aliphatic hydroxyl groups excluding tert-OH is 1. The van der Waals surface area contributed by atoms with E-state index in [4.69, 9.17) is 5.14 Å². The molecular weight excluding hydrogens is 448 g/mol. The van der Waals surface area contributed by atoms with Crippen LogP contribution in [0.5, 0.6) is 0 Å². The molecule has 2 heterocycles. The Kier molecular flexibility index (Phi) is 7.27. The molecule has 11 nitrogen and oxygen atoms in total. The highest BCUT2D eigenvalue weighted by Gasteiger charge is 2.32. The Morgan fingerprint density at radius 1 is 1.27 bits per heavy atom. The number of rotatable bonds is 8. The number of aliphatic hydroxyl groups is 1. The average molecular weight is 477 g/mol. The number of nitrogens with zero attached hydrogens (tertiary/aromatic N) is 5. The lowest BCUT2D eigenvalue weighted by Crippen LogP contribution is -2.24. The molecule has 0 aliphatic heterocycles. The highest BCUT2D eigenvalue weighted by molar-refractivity contribution is 7.84. The average Bonchev–Trinajstić information content (AvgIpc) is 3.38. The molecule has 2 aromatic heterocycles. The Balaban J connectivity index is 1.47. The van der Waals surface area contributed by atoms with E-state index in [0.29, 0.717) is 23.7 Å². The van der Waals surface area contributed by atoms with Crippen LogP contribution in [0.4, 0.5) is 5.82 Å². The molecule has 2 saturated carbocycles. The number of carbonyl (C=O) groups is 1. The van der Waals surface area contributed by atoms with Crippen molar-refractivity contribution in [2.24, 2.45) is 22.0 Å². The van der Waals surface area contributed by atoms with Gasteiger partial charge in [-0.05, 0) is 31.2 Å². The van der Waals surface area contributed by atoms with E-state index < -0.39 is 22.3 Å². The molecule has 3 N–H and O–H groups in total. The second kappa shape index (κ2) is 10.2. The van der Waals surface area contributed by atoms with Crippen molar-refractivity contribution in [1.29, 1.82) is 0 Å². The second-order valence-electron chi connectivity index (χ2n) is 8.71. The molecule has 2 aliphatic rings. The molecule has 2 unspecified atom stereocenters. The van der Waals surface area contributed by atoms with Gasteiger partial charge in [0.05, 0.1) is 18.3 Å². The monoisotopic (exact) mass is 476 g/mol. The van der Waals surface area contributed by atoms with Gasteiger partial charge in [0.25, 0.3) is 0 Å². The smallest absolute Gasteiger partial charge is 0.333 e. The minimum Gasteiger partial charge on any atom is -0.392 e. The number of ketones is 1. The van der Waals surface area contributed by atoms with E-state index >= 15 is 0 Å². The second-order valence-corrected chi connectivity index (χ2v) is 9.93. The van der Waals surface area contributed by atoms with Gasteiger partial charge in [-0.1, -0.05) is 19.3 Å². The number of aromatic nitrogens is 4. The first-order valence-corrected chi connectivity index (χ1v) is 12.6. The zero-order valence-corrected chi connectivity index (χ0v) is 19.0. The fraction of sp³-hybridized carbons (Fsp3) is 0.571. The zero-order valence-electron chi connectivity index (χ0n) is 18.2. The molecule has 33 heavy (non-hydrogen) atoms. The molecular formula is C21H28N6O5S. The van der Waals surface area contributed by atoms with Crippen LogP contribution in [-0.4, -0.2) is 57.5 Å². The van der Waals surface area contributed by atoms with E-state index in [1.165, 1.54) is 44.6 Å². The van der Waals surface area contributed by atoms with Gasteiger partial charge < -0.3 is 5.11 Å². The van der Waals surface area contributed by atoms with Gasteiger partial charge >= 0.3 is 10.3 Å².